The molecule has 92 valence electrons. The molecule has 2 N–H and O–H groups in total. The van der Waals surface area contributed by atoms with Crippen LogP contribution in [0.2, 0.25) is 0 Å². The molecule has 0 saturated carbocycles. The van der Waals surface area contributed by atoms with Gasteiger partial charge in [-0.2, -0.15) is 0 Å². The number of rotatable bonds is 3. The van der Waals surface area contributed by atoms with Crippen LogP contribution in [0.25, 0.3) is 0 Å². The molecule has 1 aromatic rings. The number of fused-ring (bicyclic) bond motifs is 2. The van der Waals surface area contributed by atoms with E-state index < -0.39 is 0 Å². The van der Waals surface area contributed by atoms with Crippen LogP contribution in [-0.4, -0.2) is 18.0 Å². The molecule has 4 heteroatoms. The molecule has 3 heterocycles. The molecule has 3 rings (SSSR count). The first-order valence-electron chi connectivity index (χ1n) is 6.31. The van der Waals surface area contributed by atoms with Crippen LogP contribution < -0.4 is 10.6 Å². The van der Waals surface area contributed by atoms with E-state index >= 15 is 0 Å². The summed E-state index contributed by atoms with van der Waals surface area (Å²) in [6.45, 7) is 2.79. The van der Waals surface area contributed by atoms with Gasteiger partial charge in [-0.25, -0.2) is 0 Å². The van der Waals surface area contributed by atoms with Crippen molar-refractivity contribution in [2.45, 2.75) is 44.8 Å². The second-order valence-electron chi connectivity index (χ2n) is 5.13. The fourth-order valence-electron chi connectivity index (χ4n) is 3.00. The van der Waals surface area contributed by atoms with Gasteiger partial charge in [0.1, 0.15) is 0 Å². The monoisotopic (exact) mass is 250 g/mol. The Morgan fingerprint density at radius 2 is 2.47 bits per heavy atom. The summed E-state index contributed by atoms with van der Waals surface area (Å²) < 4.78 is 0. The van der Waals surface area contributed by atoms with E-state index in [4.69, 9.17) is 0 Å². The van der Waals surface area contributed by atoms with Crippen LogP contribution in [0.15, 0.2) is 11.4 Å². The fourth-order valence-corrected chi connectivity index (χ4v) is 3.84. The lowest BCUT2D eigenvalue weighted by atomic mass is 9.88. The van der Waals surface area contributed by atoms with Crippen LogP contribution >= 0.6 is 11.3 Å². The zero-order chi connectivity index (χ0) is 11.8. The molecular formula is C13H18N2OS. The minimum absolute atomic E-state index is 0.203. The minimum atomic E-state index is 0.203. The third-order valence-electron chi connectivity index (χ3n) is 4.03. The van der Waals surface area contributed by atoms with Gasteiger partial charge in [-0.15, -0.1) is 11.3 Å². The van der Waals surface area contributed by atoms with Gasteiger partial charge in [0.25, 0.3) is 0 Å². The Morgan fingerprint density at radius 1 is 1.59 bits per heavy atom. The summed E-state index contributed by atoms with van der Waals surface area (Å²) in [7, 11) is 0. The Bertz CT molecular complexity index is 429. The lowest BCUT2D eigenvalue weighted by molar-refractivity contribution is -0.125. The lowest BCUT2D eigenvalue weighted by Crippen LogP contribution is -2.37. The van der Waals surface area contributed by atoms with E-state index in [1.165, 1.54) is 23.3 Å². The van der Waals surface area contributed by atoms with Crippen LogP contribution in [0.5, 0.6) is 0 Å². The minimum Gasteiger partial charge on any atom is -0.351 e. The van der Waals surface area contributed by atoms with Crippen molar-refractivity contribution in [1.29, 1.82) is 0 Å². The largest absolute Gasteiger partial charge is 0.351 e. The van der Waals surface area contributed by atoms with Gasteiger partial charge in [-0.3, -0.25) is 4.79 Å². The molecule has 2 bridgehead atoms. The van der Waals surface area contributed by atoms with Crippen molar-refractivity contribution in [1.82, 2.24) is 10.6 Å². The first-order chi connectivity index (χ1) is 8.24. The van der Waals surface area contributed by atoms with Crippen LogP contribution in [0.4, 0.5) is 0 Å². The number of nitrogens with one attached hydrogen (secondary N) is 2. The Hall–Kier alpha value is -0.870. The number of carbonyl (C=O) groups excluding carboxylic acids is 1. The van der Waals surface area contributed by atoms with E-state index in [2.05, 4.69) is 29.0 Å². The SMILES string of the molecule is Cc1ccsc1CNC(=O)C1CC2CCC1N2. The molecule has 17 heavy (non-hydrogen) atoms. The lowest BCUT2D eigenvalue weighted by Gasteiger charge is -2.19. The van der Waals surface area contributed by atoms with Crippen molar-refractivity contribution in [3.05, 3.63) is 21.9 Å². The molecule has 0 radical (unpaired) electrons. The molecule has 3 atom stereocenters. The van der Waals surface area contributed by atoms with Crippen molar-refractivity contribution in [2.24, 2.45) is 5.92 Å². The summed E-state index contributed by atoms with van der Waals surface area (Å²) in [5.74, 6) is 0.437. The van der Waals surface area contributed by atoms with E-state index in [0.29, 0.717) is 18.6 Å². The topological polar surface area (TPSA) is 41.1 Å². The molecule has 2 aliphatic rings. The highest BCUT2D eigenvalue weighted by Gasteiger charge is 2.42. The van der Waals surface area contributed by atoms with E-state index in [1.807, 2.05) is 0 Å². The maximum atomic E-state index is 12.1. The fraction of sp³-hybridized carbons (Fsp3) is 0.615. The third kappa shape index (κ3) is 2.11. The molecule has 0 aromatic carbocycles. The molecule has 0 spiro atoms. The number of amides is 1. The van der Waals surface area contributed by atoms with E-state index in [9.17, 15) is 4.79 Å². The van der Waals surface area contributed by atoms with Gasteiger partial charge in [0.05, 0.1) is 12.5 Å². The Morgan fingerprint density at radius 3 is 3.06 bits per heavy atom. The van der Waals surface area contributed by atoms with Gasteiger partial charge in [0, 0.05) is 17.0 Å². The van der Waals surface area contributed by atoms with Crippen molar-refractivity contribution in [2.75, 3.05) is 0 Å². The Kier molecular flexibility index (Phi) is 2.92. The molecular weight excluding hydrogens is 232 g/mol. The molecule has 3 unspecified atom stereocenters. The second kappa shape index (κ2) is 4.42. The Balaban J connectivity index is 1.56. The summed E-state index contributed by atoms with van der Waals surface area (Å²) in [6.07, 6.45) is 3.44. The summed E-state index contributed by atoms with van der Waals surface area (Å²) >= 11 is 1.72. The van der Waals surface area contributed by atoms with Gasteiger partial charge in [-0.05, 0) is 43.2 Å². The van der Waals surface area contributed by atoms with Gasteiger partial charge in [-0.1, -0.05) is 0 Å². The number of hydrogen-bond donors (Lipinski definition) is 2. The molecule has 1 aromatic heterocycles. The van der Waals surface area contributed by atoms with Gasteiger partial charge in [0.2, 0.25) is 5.91 Å². The van der Waals surface area contributed by atoms with Gasteiger partial charge >= 0.3 is 0 Å². The van der Waals surface area contributed by atoms with Crippen LogP contribution in [0, 0.1) is 12.8 Å². The number of thiophene rings is 1. The summed E-state index contributed by atoms with van der Waals surface area (Å²) in [6, 6.07) is 3.13. The molecule has 2 aliphatic heterocycles. The number of hydrogen-bond acceptors (Lipinski definition) is 3. The number of aryl methyl sites for hydroxylation is 1. The molecule has 2 fully saturated rings. The second-order valence-corrected chi connectivity index (χ2v) is 6.13. The maximum absolute atomic E-state index is 12.1. The summed E-state index contributed by atoms with van der Waals surface area (Å²) in [5.41, 5.74) is 1.28. The van der Waals surface area contributed by atoms with Gasteiger partial charge < -0.3 is 10.6 Å². The van der Waals surface area contributed by atoms with Gasteiger partial charge in [0.15, 0.2) is 0 Å². The highest BCUT2D eigenvalue weighted by molar-refractivity contribution is 7.10. The first-order valence-corrected chi connectivity index (χ1v) is 7.19. The quantitative estimate of drug-likeness (QED) is 0.859. The molecule has 2 saturated heterocycles. The van der Waals surface area contributed by atoms with E-state index in [-0.39, 0.29) is 11.8 Å². The zero-order valence-corrected chi connectivity index (χ0v) is 10.8. The summed E-state index contributed by atoms with van der Waals surface area (Å²) in [4.78, 5) is 13.4. The van der Waals surface area contributed by atoms with Crippen LogP contribution in [-0.2, 0) is 11.3 Å². The maximum Gasteiger partial charge on any atom is 0.225 e. The van der Waals surface area contributed by atoms with E-state index in [1.54, 1.807) is 11.3 Å². The van der Waals surface area contributed by atoms with Crippen molar-refractivity contribution >= 4 is 17.2 Å². The summed E-state index contributed by atoms with van der Waals surface area (Å²) in [5, 5.41) is 8.67. The van der Waals surface area contributed by atoms with E-state index in [0.717, 1.165) is 6.42 Å². The predicted octanol–water partition coefficient (Wildman–Crippen LogP) is 1.81. The normalized spacial score (nSPS) is 30.8. The highest BCUT2D eigenvalue weighted by atomic mass is 32.1. The van der Waals surface area contributed by atoms with Crippen molar-refractivity contribution < 1.29 is 4.79 Å². The smallest absolute Gasteiger partial charge is 0.225 e. The Labute approximate surface area is 106 Å². The molecule has 1 amide bonds. The average molecular weight is 250 g/mol. The third-order valence-corrected chi connectivity index (χ3v) is 5.05. The molecule has 3 nitrogen and oxygen atoms in total. The predicted molar refractivity (Wildman–Crippen MR) is 69.0 cm³/mol. The van der Waals surface area contributed by atoms with Crippen LogP contribution in [0.3, 0.4) is 0 Å². The average Bonchev–Trinajstić information content (AvgIpc) is 3.01. The standard InChI is InChI=1S/C13H18N2OS/c1-8-4-5-17-12(8)7-14-13(16)10-6-9-2-3-11(10)15-9/h4-5,9-11,15H,2-3,6-7H2,1H3,(H,14,16). The number of carbonyl (C=O) groups is 1. The highest BCUT2D eigenvalue weighted by Crippen LogP contribution is 2.33. The first kappa shape index (κ1) is 11.2. The van der Waals surface area contributed by atoms with Crippen molar-refractivity contribution in [3.8, 4) is 0 Å². The molecule has 0 aliphatic carbocycles. The zero-order valence-electron chi connectivity index (χ0n) is 10.0. The van der Waals surface area contributed by atoms with Crippen molar-refractivity contribution in [3.63, 3.8) is 0 Å². The van der Waals surface area contributed by atoms with Crippen LogP contribution in [0.1, 0.15) is 29.7 Å².